The Morgan fingerprint density at radius 3 is 0.706 bits per heavy atom. The molecule has 0 saturated heterocycles. The normalized spacial score (nSPS) is 5.88. The summed E-state index contributed by atoms with van der Waals surface area (Å²) in [6.07, 6.45) is 0. The van der Waals surface area contributed by atoms with Crippen molar-refractivity contribution in [2.24, 2.45) is 0 Å². The van der Waals surface area contributed by atoms with Gasteiger partial charge in [-0.05, 0) is 20.8 Å². The van der Waals surface area contributed by atoms with Gasteiger partial charge in [0.25, 0.3) is 5.97 Å². The Morgan fingerprint density at radius 1 is 0.706 bits per heavy atom. The first-order valence-electron chi connectivity index (χ1n) is 3.65. The van der Waals surface area contributed by atoms with Crippen molar-refractivity contribution in [2.45, 2.75) is 27.7 Å². The summed E-state index contributed by atoms with van der Waals surface area (Å²) in [5, 5.41) is 34.1. The summed E-state index contributed by atoms with van der Waals surface area (Å²) in [5.74, 6) is -4.08. The van der Waals surface area contributed by atoms with E-state index in [1.165, 1.54) is 0 Å². The van der Waals surface area contributed by atoms with Crippen LogP contribution in [0.2, 0.25) is 0 Å². The molecule has 0 aromatic carbocycles. The Kier molecular flexibility index (Phi) is 42.9. The molecule has 8 nitrogen and oxygen atoms in total. The van der Waals surface area contributed by atoms with Gasteiger partial charge in [0, 0.05) is 24.8 Å². The number of hydrogen-bond donors (Lipinski definition) is 1. The van der Waals surface area contributed by atoms with Crippen molar-refractivity contribution >= 4 is 23.9 Å². The van der Waals surface area contributed by atoms with Crippen LogP contribution >= 0.6 is 0 Å². The topological polar surface area (TPSA) is 158 Å². The molecule has 0 aliphatic carbocycles. The fourth-order valence-corrected chi connectivity index (χ4v) is 0. The maximum absolute atomic E-state index is 9.00. The average Bonchev–Trinajstić information content (AvgIpc) is 1.76. The van der Waals surface area contributed by atoms with E-state index in [0.29, 0.717) is 0 Å². The smallest absolute Gasteiger partial charge is 0.550 e. The Morgan fingerprint density at radius 2 is 0.706 bits per heavy atom. The summed E-state index contributed by atoms with van der Waals surface area (Å²) in [4.78, 5) is 35.7. The van der Waals surface area contributed by atoms with Crippen LogP contribution in [-0.4, -0.2) is 29.0 Å². The molecule has 0 amide bonds. The predicted octanol–water partition coefficient (Wildman–Crippen LogP) is -3.64. The molecule has 0 aliphatic heterocycles. The summed E-state index contributed by atoms with van der Waals surface area (Å²) in [7, 11) is 0. The van der Waals surface area contributed by atoms with Crippen LogP contribution in [0.15, 0.2) is 0 Å². The number of rotatable bonds is 0. The van der Waals surface area contributed by atoms with E-state index in [9.17, 15) is 0 Å². The molecule has 9 heteroatoms. The Labute approximate surface area is 130 Å². The fourth-order valence-electron chi connectivity index (χ4n) is 0. The summed E-state index contributed by atoms with van der Waals surface area (Å²) in [6, 6.07) is 0. The van der Waals surface area contributed by atoms with E-state index in [-0.39, 0.29) is 39.9 Å². The van der Waals surface area contributed by atoms with Gasteiger partial charge in [0.05, 0.1) is 0 Å². The average molecular weight is 394 g/mol. The molecule has 17 heavy (non-hydrogen) atoms. The van der Waals surface area contributed by atoms with Gasteiger partial charge in [-0.3, -0.25) is 4.79 Å². The van der Waals surface area contributed by atoms with Gasteiger partial charge in [-0.15, -0.1) is 0 Å². The van der Waals surface area contributed by atoms with Gasteiger partial charge >= 0.3 is 39.9 Å². The van der Waals surface area contributed by atoms with E-state index >= 15 is 0 Å². The Balaban J connectivity index is -0.0000000369. The largest absolute Gasteiger partial charge is 3.00 e. The van der Waals surface area contributed by atoms with Crippen LogP contribution in [-0.2, 0) is 19.2 Å². The first kappa shape index (κ1) is 29.8. The van der Waals surface area contributed by atoms with E-state index in [4.69, 9.17) is 39.6 Å². The molecule has 0 saturated carbocycles. The summed E-state index contributed by atoms with van der Waals surface area (Å²) >= 11 is 0. The number of carboxylic acid groups (broad SMARTS) is 4. The fraction of sp³-hybridized carbons (Fsp3) is 0.500. The van der Waals surface area contributed by atoms with Crippen molar-refractivity contribution in [1.29, 1.82) is 0 Å². The van der Waals surface area contributed by atoms with E-state index < -0.39 is 23.9 Å². The van der Waals surface area contributed by atoms with Gasteiger partial charge < -0.3 is 34.8 Å². The molecule has 0 bridgehead atoms. The third-order valence-corrected chi connectivity index (χ3v) is 0. The van der Waals surface area contributed by atoms with E-state index in [0.717, 1.165) is 27.7 Å². The van der Waals surface area contributed by atoms with Crippen molar-refractivity contribution in [1.82, 2.24) is 0 Å². The van der Waals surface area contributed by atoms with Gasteiger partial charge in [0.15, 0.2) is 0 Å². The summed E-state index contributed by atoms with van der Waals surface area (Å²) in [5.41, 5.74) is 0. The Hall–Kier alpha value is -0.795. The molecule has 0 aromatic heterocycles. The van der Waals surface area contributed by atoms with Crippen molar-refractivity contribution in [3.8, 4) is 0 Å². The van der Waals surface area contributed by atoms with E-state index in [2.05, 4.69) is 0 Å². The van der Waals surface area contributed by atoms with Crippen LogP contribution < -0.4 is 15.3 Å². The zero-order valence-electron chi connectivity index (χ0n) is 9.66. The standard InChI is InChI=1S/4C2H4O2.Gd/c4*1-2(3)4;/h4*1H3,(H,3,4);/q;;;;+3/p-3. The predicted molar refractivity (Wildman–Crippen MR) is 45.4 cm³/mol. The number of aliphatic carboxylic acids is 4. The molecule has 0 unspecified atom stereocenters. The maximum atomic E-state index is 9.00. The summed E-state index contributed by atoms with van der Waals surface area (Å²) in [6.45, 7) is 4.00. The van der Waals surface area contributed by atoms with Crippen LogP contribution in [0.5, 0.6) is 0 Å². The second kappa shape index (κ2) is 24.4. The molecule has 1 N–H and O–H groups in total. The van der Waals surface area contributed by atoms with E-state index in [1.54, 1.807) is 0 Å². The number of carbonyl (C=O) groups is 4. The molecule has 1 radical (unpaired) electrons. The SMILES string of the molecule is CC(=O)O.CC(=O)[O-].CC(=O)[O-].CC(=O)[O-].[Gd+3]. The molecular weight excluding hydrogens is 381 g/mol. The molecular formula is C8H13GdO8. The summed E-state index contributed by atoms with van der Waals surface area (Å²) < 4.78 is 0. The minimum atomic E-state index is -1.08. The first-order chi connectivity index (χ1) is 6.93. The number of carboxylic acids is 4. The molecule has 0 rings (SSSR count). The third kappa shape index (κ3) is 4190. The number of hydrogen-bond acceptors (Lipinski definition) is 7. The molecule has 0 heterocycles. The van der Waals surface area contributed by atoms with Crippen LogP contribution in [0.4, 0.5) is 0 Å². The zero-order valence-corrected chi connectivity index (χ0v) is 11.9. The Bertz CT molecular complexity index is 162. The van der Waals surface area contributed by atoms with Gasteiger partial charge in [-0.2, -0.15) is 0 Å². The van der Waals surface area contributed by atoms with Crippen molar-refractivity contribution < 1.29 is 79.5 Å². The molecule has 0 atom stereocenters. The van der Waals surface area contributed by atoms with Crippen molar-refractivity contribution in [2.75, 3.05) is 0 Å². The maximum Gasteiger partial charge on any atom is 3.00 e. The second-order valence-corrected chi connectivity index (χ2v) is 1.99. The third-order valence-electron chi connectivity index (χ3n) is 0. The minimum Gasteiger partial charge on any atom is -0.550 e. The molecule has 0 spiro atoms. The molecule has 0 aliphatic rings. The van der Waals surface area contributed by atoms with Crippen LogP contribution in [0.25, 0.3) is 0 Å². The minimum absolute atomic E-state index is 0. The van der Waals surface area contributed by atoms with Crippen LogP contribution in [0.3, 0.4) is 0 Å². The molecule has 101 valence electrons. The van der Waals surface area contributed by atoms with Crippen molar-refractivity contribution in [3.05, 3.63) is 0 Å². The van der Waals surface area contributed by atoms with E-state index in [1.807, 2.05) is 0 Å². The number of carbonyl (C=O) groups excluding carboxylic acids is 3. The van der Waals surface area contributed by atoms with Gasteiger partial charge in [0.2, 0.25) is 0 Å². The van der Waals surface area contributed by atoms with Gasteiger partial charge in [-0.1, -0.05) is 0 Å². The van der Waals surface area contributed by atoms with Gasteiger partial charge in [0.1, 0.15) is 0 Å². The van der Waals surface area contributed by atoms with Crippen LogP contribution in [0, 0.1) is 39.9 Å². The quantitative estimate of drug-likeness (QED) is 0.441. The molecule has 0 fully saturated rings. The van der Waals surface area contributed by atoms with Gasteiger partial charge in [-0.25, -0.2) is 0 Å². The zero-order chi connectivity index (χ0) is 14.3. The molecule has 0 aromatic rings. The second-order valence-electron chi connectivity index (χ2n) is 1.99. The first-order valence-corrected chi connectivity index (χ1v) is 3.65. The monoisotopic (exact) mass is 395 g/mol. The van der Waals surface area contributed by atoms with Crippen molar-refractivity contribution in [3.63, 3.8) is 0 Å². The van der Waals surface area contributed by atoms with Crippen LogP contribution in [0.1, 0.15) is 27.7 Å².